The summed E-state index contributed by atoms with van der Waals surface area (Å²) in [6.07, 6.45) is 11.3. The van der Waals surface area contributed by atoms with Gasteiger partial charge in [0.2, 0.25) is 0 Å². The van der Waals surface area contributed by atoms with Crippen molar-refractivity contribution in [1.29, 1.82) is 0 Å². The van der Waals surface area contributed by atoms with E-state index >= 15 is 0 Å². The van der Waals surface area contributed by atoms with Crippen LogP contribution in [0.2, 0.25) is 0 Å². The van der Waals surface area contributed by atoms with Crippen LogP contribution in [0, 0.1) is 5.92 Å². The van der Waals surface area contributed by atoms with Gasteiger partial charge < -0.3 is 14.8 Å². The number of hydrogen-bond donors (Lipinski definition) is 1. The van der Waals surface area contributed by atoms with Gasteiger partial charge in [-0.05, 0) is 42.9 Å². The normalized spacial score (nSPS) is 29.4. The fourth-order valence-electron chi connectivity index (χ4n) is 7.38. The summed E-state index contributed by atoms with van der Waals surface area (Å²) in [7, 11) is 2.08. The smallest absolute Gasteiger partial charge is 0.337 e. The second-order valence-corrected chi connectivity index (χ2v) is 12.3. The first-order chi connectivity index (χ1) is 18.4. The number of unbranched alkanes of at least 4 members (excludes halogenated alkanes) is 1. The molecule has 5 rings (SSSR count). The number of nitrogens with zero attached hydrogens (tertiary/aromatic N) is 2. The standard InChI is InChI=1S/C31H47N3O4/c1-3-4-20-34(2)29(35)28(25-8-6-5-7-9-25)32-30(36)31(34)16-18-33(19-17-31)23-24-10-12-26(13-11-24)38-27-14-21-37-22-15-27/h10-13,25,27-28H,3-9,14-23H2,1-2H3/p+1/t28-,34?/m0/s1. The highest BCUT2D eigenvalue weighted by molar-refractivity contribution is 5.95. The summed E-state index contributed by atoms with van der Waals surface area (Å²) >= 11 is 0. The maximum atomic E-state index is 14.1. The molecule has 3 aliphatic heterocycles. The first-order valence-electron chi connectivity index (χ1n) is 15.2. The number of rotatable bonds is 8. The van der Waals surface area contributed by atoms with Gasteiger partial charge in [-0.3, -0.25) is 9.69 Å². The molecule has 1 saturated carbocycles. The molecule has 3 heterocycles. The first-order valence-corrected chi connectivity index (χ1v) is 15.2. The van der Waals surface area contributed by atoms with E-state index in [2.05, 4.69) is 48.5 Å². The molecule has 2 amide bonds. The van der Waals surface area contributed by atoms with Crippen molar-refractivity contribution >= 4 is 11.8 Å². The van der Waals surface area contributed by atoms with E-state index in [1.807, 2.05) is 0 Å². The summed E-state index contributed by atoms with van der Waals surface area (Å²) < 4.78 is 11.9. The Morgan fingerprint density at radius 2 is 1.71 bits per heavy atom. The summed E-state index contributed by atoms with van der Waals surface area (Å²) in [6.45, 7) is 7.01. The third-order valence-corrected chi connectivity index (χ3v) is 9.97. The van der Waals surface area contributed by atoms with E-state index in [1.54, 1.807) is 0 Å². The molecule has 1 unspecified atom stereocenters. The van der Waals surface area contributed by atoms with Crippen molar-refractivity contribution in [3.8, 4) is 5.75 Å². The zero-order valence-electron chi connectivity index (χ0n) is 23.6. The zero-order chi connectivity index (χ0) is 26.6. The molecular formula is C31H48N3O4+. The number of nitrogens with one attached hydrogen (secondary N) is 1. The predicted octanol–water partition coefficient (Wildman–Crippen LogP) is 4.43. The molecule has 0 bridgehead atoms. The number of carbonyl (C=O) groups excluding carboxylic acids is 2. The summed E-state index contributed by atoms with van der Waals surface area (Å²) in [5.74, 6) is 1.61. The van der Waals surface area contributed by atoms with E-state index in [9.17, 15) is 9.59 Å². The fraction of sp³-hybridized carbons (Fsp3) is 0.742. The lowest BCUT2D eigenvalue weighted by Crippen LogP contribution is -2.81. The third-order valence-electron chi connectivity index (χ3n) is 9.97. The molecule has 7 nitrogen and oxygen atoms in total. The molecule has 4 fully saturated rings. The summed E-state index contributed by atoms with van der Waals surface area (Å²) in [6, 6.07) is 8.16. The minimum absolute atomic E-state index is 0.126. The van der Waals surface area contributed by atoms with Gasteiger partial charge in [-0.1, -0.05) is 44.7 Å². The number of hydrogen-bond acceptors (Lipinski definition) is 5. The van der Waals surface area contributed by atoms with Gasteiger partial charge in [-0.2, -0.15) is 0 Å². The predicted molar refractivity (Wildman–Crippen MR) is 148 cm³/mol. The number of likely N-dealkylation sites (tertiary alicyclic amines) is 1. The molecule has 2 atom stereocenters. The van der Waals surface area contributed by atoms with Crippen molar-refractivity contribution in [3.05, 3.63) is 29.8 Å². The average molecular weight is 527 g/mol. The molecule has 1 aromatic rings. The van der Waals surface area contributed by atoms with Gasteiger partial charge in [0, 0.05) is 45.3 Å². The van der Waals surface area contributed by atoms with Crippen LogP contribution in [-0.4, -0.2) is 78.8 Å². The van der Waals surface area contributed by atoms with Crippen LogP contribution >= 0.6 is 0 Å². The highest BCUT2D eigenvalue weighted by Gasteiger charge is 2.64. The number of benzene rings is 1. The van der Waals surface area contributed by atoms with Crippen molar-refractivity contribution in [2.45, 2.75) is 102 Å². The number of piperazine rings is 1. The fourth-order valence-corrected chi connectivity index (χ4v) is 7.38. The molecule has 7 heteroatoms. The lowest BCUT2D eigenvalue weighted by atomic mass is 9.75. The van der Waals surface area contributed by atoms with Crippen molar-refractivity contribution in [1.82, 2.24) is 10.2 Å². The Kier molecular flexibility index (Phi) is 8.75. The molecule has 210 valence electrons. The van der Waals surface area contributed by atoms with Crippen LogP contribution in [-0.2, 0) is 20.9 Å². The molecule has 1 aromatic carbocycles. The van der Waals surface area contributed by atoms with Crippen LogP contribution < -0.4 is 10.1 Å². The molecule has 38 heavy (non-hydrogen) atoms. The number of likely N-dealkylation sites (N-methyl/N-ethyl adjacent to an activating group) is 1. The van der Waals surface area contributed by atoms with Gasteiger partial charge in [-0.25, -0.2) is 9.28 Å². The molecule has 1 spiro atoms. The van der Waals surface area contributed by atoms with Crippen molar-refractivity contribution in [2.24, 2.45) is 5.92 Å². The van der Waals surface area contributed by atoms with Crippen LogP contribution in [0.1, 0.15) is 83.1 Å². The van der Waals surface area contributed by atoms with E-state index in [0.29, 0.717) is 10.4 Å². The topological polar surface area (TPSA) is 67.9 Å². The molecule has 1 aliphatic carbocycles. The Bertz CT molecular complexity index is 946. The summed E-state index contributed by atoms with van der Waals surface area (Å²) in [5.41, 5.74) is 0.611. The zero-order valence-corrected chi connectivity index (χ0v) is 23.6. The van der Waals surface area contributed by atoms with Gasteiger partial charge in [0.1, 0.15) is 17.9 Å². The molecule has 1 N–H and O–H groups in total. The molecule has 4 aliphatic rings. The van der Waals surface area contributed by atoms with Crippen LogP contribution in [0.3, 0.4) is 0 Å². The second kappa shape index (κ2) is 12.1. The number of ether oxygens (including phenoxy) is 2. The van der Waals surface area contributed by atoms with Crippen LogP contribution in [0.15, 0.2) is 24.3 Å². The van der Waals surface area contributed by atoms with E-state index < -0.39 is 5.54 Å². The third kappa shape index (κ3) is 5.52. The van der Waals surface area contributed by atoms with Crippen LogP contribution in [0.5, 0.6) is 5.75 Å². The Morgan fingerprint density at radius 3 is 2.37 bits per heavy atom. The molecule has 0 radical (unpaired) electrons. The molecule has 0 aromatic heterocycles. The number of amides is 2. The van der Waals surface area contributed by atoms with Gasteiger partial charge in [0.15, 0.2) is 5.54 Å². The van der Waals surface area contributed by atoms with E-state index in [-0.39, 0.29) is 24.0 Å². The summed E-state index contributed by atoms with van der Waals surface area (Å²) in [4.78, 5) is 30.5. The highest BCUT2D eigenvalue weighted by Crippen LogP contribution is 2.41. The maximum absolute atomic E-state index is 14.1. The maximum Gasteiger partial charge on any atom is 0.337 e. The lowest BCUT2D eigenvalue weighted by Gasteiger charge is -2.55. The monoisotopic (exact) mass is 526 g/mol. The Morgan fingerprint density at radius 1 is 1.03 bits per heavy atom. The number of piperidine rings is 1. The van der Waals surface area contributed by atoms with Gasteiger partial charge >= 0.3 is 5.91 Å². The van der Waals surface area contributed by atoms with Crippen LogP contribution in [0.4, 0.5) is 0 Å². The average Bonchev–Trinajstić information content (AvgIpc) is 2.96. The largest absolute Gasteiger partial charge is 0.490 e. The Labute approximate surface area is 228 Å². The molecular weight excluding hydrogens is 478 g/mol. The van der Waals surface area contributed by atoms with Crippen molar-refractivity contribution in [3.63, 3.8) is 0 Å². The second-order valence-electron chi connectivity index (χ2n) is 12.3. The van der Waals surface area contributed by atoms with Gasteiger partial charge in [0.05, 0.1) is 26.8 Å². The quantitative estimate of drug-likeness (QED) is 0.508. The highest BCUT2D eigenvalue weighted by atomic mass is 16.5. The number of carbonyl (C=O) groups is 2. The van der Waals surface area contributed by atoms with E-state index in [1.165, 1.54) is 24.8 Å². The van der Waals surface area contributed by atoms with Crippen LogP contribution in [0.25, 0.3) is 0 Å². The van der Waals surface area contributed by atoms with Crippen molar-refractivity contribution < 1.29 is 23.5 Å². The SMILES string of the molecule is CCCC[N+]1(C)C(=O)[C@H](C2CCCCC2)NC(=O)C12CCN(Cc1ccc(OC3CCOCC3)cc1)CC2. The minimum atomic E-state index is -0.644. The summed E-state index contributed by atoms with van der Waals surface area (Å²) in [5, 5.41) is 3.29. The minimum Gasteiger partial charge on any atom is -0.490 e. The first kappa shape index (κ1) is 27.6. The van der Waals surface area contributed by atoms with Gasteiger partial charge in [0.25, 0.3) is 5.91 Å². The number of quaternary nitrogens is 1. The van der Waals surface area contributed by atoms with Crippen molar-refractivity contribution in [2.75, 3.05) is 39.9 Å². The lowest BCUT2D eigenvalue weighted by molar-refractivity contribution is -0.883. The van der Waals surface area contributed by atoms with Gasteiger partial charge in [-0.15, -0.1) is 0 Å². The molecule has 3 saturated heterocycles. The Hall–Kier alpha value is -1.96. The van der Waals surface area contributed by atoms with E-state index in [4.69, 9.17) is 9.47 Å². The van der Waals surface area contributed by atoms with E-state index in [0.717, 1.165) is 96.5 Å². The Balaban J connectivity index is 1.23.